The van der Waals surface area contributed by atoms with E-state index in [0.717, 1.165) is 11.1 Å². The summed E-state index contributed by atoms with van der Waals surface area (Å²) in [5, 5.41) is 2.94. The van der Waals surface area contributed by atoms with E-state index in [9.17, 15) is 4.79 Å². The number of hydrogen-bond donors (Lipinski definition) is 1. The van der Waals surface area contributed by atoms with E-state index in [1.807, 2.05) is 60.7 Å². The van der Waals surface area contributed by atoms with Gasteiger partial charge < -0.3 is 19.5 Å². The van der Waals surface area contributed by atoms with Crippen LogP contribution in [0.3, 0.4) is 0 Å². The molecule has 0 fully saturated rings. The molecule has 140 valence electrons. The van der Waals surface area contributed by atoms with E-state index >= 15 is 0 Å². The zero-order valence-electron chi connectivity index (χ0n) is 15.3. The SMILES string of the molecule is COc1ccccc1/C=C(/C(=O)Nc1ccc2c(c1)OCO2)c1ccccc1. The van der Waals surface area contributed by atoms with Crippen molar-refractivity contribution in [2.45, 2.75) is 0 Å². The molecule has 1 aliphatic heterocycles. The van der Waals surface area contributed by atoms with Gasteiger partial charge in [0, 0.05) is 22.9 Å². The van der Waals surface area contributed by atoms with Crippen molar-refractivity contribution in [2.75, 3.05) is 19.2 Å². The molecule has 1 aliphatic rings. The Morgan fingerprint density at radius 1 is 0.964 bits per heavy atom. The molecule has 4 rings (SSSR count). The fraction of sp³-hybridized carbons (Fsp3) is 0.0870. The second-order valence-corrected chi connectivity index (χ2v) is 6.19. The molecule has 1 heterocycles. The van der Waals surface area contributed by atoms with Crippen molar-refractivity contribution in [1.82, 2.24) is 0 Å². The Morgan fingerprint density at radius 3 is 2.54 bits per heavy atom. The van der Waals surface area contributed by atoms with Gasteiger partial charge >= 0.3 is 0 Å². The Hall–Kier alpha value is -3.73. The summed E-state index contributed by atoms with van der Waals surface area (Å²) in [7, 11) is 1.61. The van der Waals surface area contributed by atoms with Crippen LogP contribution >= 0.6 is 0 Å². The van der Waals surface area contributed by atoms with E-state index in [-0.39, 0.29) is 12.7 Å². The molecule has 0 saturated heterocycles. The smallest absolute Gasteiger partial charge is 0.256 e. The third-order valence-corrected chi connectivity index (χ3v) is 4.40. The van der Waals surface area contributed by atoms with Crippen LogP contribution in [0.4, 0.5) is 5.69 Å². The van der Waals surface area contributed by atoms with Crippen molar-refractivity contribution in [3.63, 3.8) is 0 Å². The number of hydrogen-bond acceptors (Lipinski definition) is 4. The number of fused-ring (bicyclic) bond motifs is 1. The molecular formula is C23H19NO4. The molecule has 0 unspecified atom stereocenters. The van der Waals surface area contributed by atoms with E-state index in [1.54, 1.807) is 25.3 Å². The minimum Gasteiger partial charge on any atom is -0.496 e. The molecule has 0 radical (unpaired) electrons. The maximum Gasteiger partial charge on any atom is 0.256 e. The van der Waals surface area contributed by atoms with Crippen molar-refractivity contribution in [2.24, 2.45) is 0 Å². The van der Waals surface area contributed by atoms with Crippen molar-refractivity contribution in [1.29, 1.82) is 0 Å². The van der Waals surface area contributed by atoms with E-state index < -0.39 is 0 Å². The predicted molar refractivity (Wildman–Crippen MR) is 109 cm³/mol. The van der Waals surface area contributed by atoms with Crippen LogP contribution in [-0.4, -0.2) is 19.8 Å². The normalized spacial score (nSPS) is 12.5. The summed E-state index contributed by atoms with van der Waals surface area (Å²) in [6.45, 7) is 0.190. The lowest BCUT2D eigenvalue weighted by atomic mass is 10.0. The van der Waals surface area contributed by atoms with Gasteiger partial charge in [-0.1, -0.05) is 48.5 Å². The topological polar surface area (TPSA) is 56.8 Å². The number of ether oxygens (including phenoxy) is 3. The lowest BCUT2D eigenvalue weighted by molar-refractivity contribution is -0.111. The van der Waals surface area contributed by atoms with Gasteiger partial charge in [0.1, 0.15) is 5.75 Å². The first-order chi connectivity index (χ1) is 13.7. The van der Waals surface area contributed by atoms with Gasteiger partial charge in [-0.15, -0.1) is 0 Å². The fourth-order valence-electron chi connectivity index (χ4n) is 3.01. The summed E-state index contributed by atoms with van der Waals surface area (Å²) in [4.78, 5) is 13.1. The standard InChI is InChI=1S/C23H19NO4/c1-26-20-10-6-5-9-17(20)13-19(16-7-3-2-4-8-16)23(25)24-18-11-12-21-22(14-18)28-15-27-21/h2-14H,15H2,1H3,(H,24,25)/b19-13+. The Bertz CT molecular complexity index is 1030. The number of nitrogens with one attached hydrogen (secondary N) is 1. The van der Waals surface area contributed by atoms with Crippen LogP contribution in [0.15, 0.2) is 72.8 Å². The molecule has 5 nitrogen and oxygen atoms in total. The lowest BCUT2D eigenvalue weighted by Crippen LogP contribution is -2.13. The molecule has 3 aromatic carbocycles. The van der Waals surface area contributed by atoms with Crippen LogP contribution in [0.2, 0.25) is 0 Å². The number of methoxy groups -OCH3 is 1. The fourth-order valence-corrected chi connectivity index (χ4v) is 3.01. The molecule has 3 aromatic rings. The lowest BCUT2D eigenvalue weighted by Gasteiger charge is -2.11. The Morgan fingerprint density at radius 2 is 1.71 bits per heavy atom. The first-order valence-electron chi connectivity index (χ1n) is 8.86. The van der Waals surface area contributed by atoms with Crippen molar-refractivity contribution < 1.29 is 19.0 Å². The second-order valence-electron chi connectivity index (χ2n) is 6.19. The zero-order valence-corrected chi connectivity index (χ0v) is 15.3. The van der Waals surface area contributed by atoms with Crippen LogP contribution in [0.25, 0.3) is 11.6 Å². The van der Waals surface area contributed by atoms with Gasteiger partial charge in [-0.25, -0.2) is 0 Å². The Balaban J connectivity index is 1.69. The van der Waals surface area contributed by atoms with E-state index in [1.165, 1.54) is 0 Å². The summed E-state index contributed by atoms with van der Waals surface area (Å²) in [6.07, 6.45) is 1.83. The number of carbonyl (C=O) groups excluding carboxylic acids is 1. The summed E-state index contributed by atoms with van der Waals surface area (Å²) in [5.41, 5.74) is 2.80. The molecule has 28 heavy (non-hydrogen) atoms. The predicted octanol–water partition coefficient (Wildman–Crippen LogP) is 4.60. The average molecular weight is 373 g/mol. The van der Waals surface area contributed by atoms with Gasteiger partial charge in [0.2, 0.25) is 6.79 Å². The number of amides is 1. The van der Waals surface area contributed by atoms with Crippen LogP contribution in [0, 0.1) is 0 Å². The highest BCUT2D eigenvalue weighted by Gasteiger charge is 2.17. The first-order valence-corrected chi connectivity index (χ1v) is 8.86. The van der Waals surface area contributed by atoms with E-state index in [0.29, 0.717) is 28.5 Å². The van der Waals surface area contributed by atoms with Crippen molar-refractivity contribution in [3.05, 3.63) is 83.9 Å². The maximum atomic E-state index is 13.1. The summed E-state index contributed by atoms with van der Waals surface area (Å²) < 4.78 is 16.1. The third-order valence-electron chi connectivity index (χ3n) is 4.40. The molecule has 0 spiro atoms. The van der Waals surface area contributed by atoms with Gasteiger partial charge in [-0.05, 0) is 29.8 Å². The highest BCUT2D eigenvalue weighted by Crippen LogP contribution is 2.34. The Labute approximate surface area is 163 Å². The minimum atomic E-state index is -0.226. The largest absolute Gasteiger partial charge is 0.496 e. The highest BCUT2D eigenvalue weighted by atomic mass is 16.7. The summed E-state index contributed by atoms with van der Waals surface area (Å²) in [6, 6.07) is 22.4. The minimum absolute atomic E-state index is 0.190. The molecule has 0 saturated carbocycles. The van der Waals surface area contributed by atoms with Crippen LogP contribution in [0.5, 0.6) is 17.2 Å². The molecule has 1 amide bonds. The number of para-hydroxylation sites is 1. The molecule has 5 heteroatoms. The number of carbonyl (C=O) groups is 1. The number of benzene rings is 3. The van der Waals surface area contributed by atoms with Gasteiger partial charge in [0.25, 0.3) is 5.91 Å². The number of rotatable bonds is 5. The molecule has 0 aliphatic carbocycles. The van der Waals surface area contributed by atoms with E-state index in [4.69, 9.17) is 14.2 Å². The van der Waals surface area contributed by atoms with Gasteiger partial charge in [0.05, 0.1) is 7.11 Å². The van der Waals surface area contributed by atoms with Crippen molar-refractivity contribution in [3.8, 4) is 17.2 Å². The summed E-state index contributed by atoms with van der Waals surface area (Å²) >= 11 is 0. The molecule has 0 atom stereocenters. The van der Waals surface area contributed by atoms with Gasteiger partial charge in [-0.3, -0.25) is 4.79 Å². The summed E-state index contributed by atoms with van der Waals surface area (Å²) in [5.74, 6) is 1.77. The third kappa shape index (κ3) is 3.69. The quantitative estimate of drug-likeness (QED) is 0.524. The average Bonchev–Trinajstić information content (AvgIpc) is 3.20. The first kappa shape index (κ1) is 17.7. The molecular weight excluding hydrogens is 354 g/mol. The Kier molecular flexibility index (Phi) is 4.97. The highest BCUT2D eigenvalue weighted by molar-refractivity contribution is 6.29. The van der Waals surface area contributed by atoms with Crippen LogP contribution < -0.4 is 19.5 Å². The van der Waals surface area contributed by atoms with Crippen LogP contribution in [0.1, 0.15) is 11.1 Å². The second kappa shape index (κ2) is 7.88. The number of anilines is 1. The zero-order chi connectivity index (χ0) is 19.3. The molecule has 0 bridgehead atoms. The monoisotopic (exact) mass is 373 g/mol. The van der Waals surface area contributed by atoms with Crippen molar-refractivity contribution >= 4 is 23.2 Å². The maximum absolute atomic E-state index is 13.1. The van der Waals surface area contributed by atoms with E-state index in [2.05, 4.69) is 5.32 Å². The van der Waals surface area contributed by atoms with Crippen LogP contribution in [-0.2, 0) is 4.79 Å². The molecule has 1 N–H and O–H groups in total. The molecule has 0 aromatic heterocycles. The van der Waals surface area contributed by atoms with Gasteiger partial charge in [0.15, 0.2) is 11.5 Å². The van der Waals surface area contributed by atoms with Gasteiger partial charge in [-0.2, -0.15) is 0 Å².